The van der Waals surface area contributed by atoms with E-state index in [1.165, 1.54) is 11.0 Å². The summed E-state index contributed by atoms with van der Waals surface area (Å²) in [5.41, 5.74) is 1.54. The second kappa shape index (κ2) is 8.56. The first-order chi connectivity index (χ1) is 13.3. The molecule has 5 nitrogen and oxygen atoms in total. The van der Waals surface area contributed by atoms with Gasteiger partial charge in [0.15, 0.2) is 0 Å². The lowest BCUT2D eigenvalue weighted by molar-refractivity contribution is -0.137. The van der Waals surface area contributed by atoms with Crippen molar-refractivity contribution in [1.82, 2.24) is 10.2 Å². The van der Waals surface area contributed by atoms with Crippen molar-refractivity contribution in [2.75, 3.05) is 6.54 Å². The number of carbonyl (C=O) groups is 2. The molecular formula is C23H33FN2O3. The largest absolute Gasteiger partial charge is 0.481 e. The molecule has 1 aromatic rings. The highest BCUT2D eigenvalue weighted by Gasteiger charge is 2.40. The molecule has 0 unspecified atom stereocenters. The highest BCUT2D eigenvalue weighted by molar-refractivity contribution is 5.80. The summed E-state index contributed by atoms with van der Waals surface area (Å²) in [5, 5.41) is 11.9. The molecule has 1 atom stereocenters. The number of rotatable bonds is 7. The molecule has 0 saturated heterocycles. The minimum atomic E-state index is -0.960. The predicted octanol–water partition coefficient (Wildman–Crippen LogP) is 5.06. The van der Waals surface area contributed by atoms with Gasteiger partial charge in [0.2, 0.25) is 0 Å². The number of carbonyl (C=O) groups excluding carboxylic acids is 1. The van der Waals surface area contributed by atoms with Gasteiger partial charge in [0.25, 0.3) is 0 Å². The lowest BCUT2D eigenvalue weighted by Gasteiger charge is -2.42. The molecule has 29 heavy (non-hydrogen) atoms. The molecule has 2 amide bonds. The number of benzene rings is 1. The zero-order chi connectivity index (χ0) is 22.0. The number of nitrogens with one attached hydrogen (secondary N) is 1. The molecule has 0 spiro atoms. The first kappa shape index (κ1) is 22.9. The van der Waals surface area contributed by atoms with Gasteiger partial charge >= 0.3 is 12.0 Å². The zero-order valence-corrected chi connectivity index (χ0v) is 18.3. The van der Waals surface area contributed by atoms with E-state index in [1.807, 2.05) is 32.9 Å². The second-order valence-corrected chi connectivity index (χ2v) is 9.50. The van der Waals surface area contributed by atoms with E-state index in [1.54, 1.807) is 6.20 Å². The lowest BCUT2D eigenvalue weighted by atomic mass is 9.78. The van der Waals surface area contributed by atoms with Crippen molar-refractivity contribution in [3.8, 4) is 0 Å². The summed E-state index contributed by atoms with van der Waals surface area (Å²) in [5.74, 6) is -1.14. The van der Waals surface area contributed by atoms with Gasteiger partial charge in [-0.1, -0.05) is 46.8 Å². The van der Waals surface area contributed by atoms with Gasteiger partial charge in [-0.3, -0.25) is 4.79 Å². The maximum atomic E-state index is 14.9. The average molecular weight is 405 g/mol. The first-order valence-corrected chi connectivity index (χ1v) is 10.1. The third-order valence-electron chi connectivity index (χ3n) is 5.45. The van der Waals surface area contributed by atoms with E-state index in [0.29, 0.717) is 17.5 Å². The Labute approximate surface area is 173 Å². The van der Waals surface area contributed by atoms with Crippen LogP contribution in [0.1, 0.15) is 65.5 Å². The average Bonchev–Trinajstić information content (AvgIpc) is 2.58. The topological polar surface area (TPSA) is 69.6 Å². The fraction of sp³-hybridized carbons (Fsp3) is 0.565. The van der Waals surface area contributed by atoms with Crippen LogP contribution in [0.3, 0.4) is 0 Å². The van der Waals surface area contributed by atoms with Crippen LogP contribution in [0.15, 0.2) is 30.0 Å². The van der Waals surface area contributed by atoms with Crippen molar-refractivity contribution >= 4 is 12.0 Å². The summed E-state index contributed by atoms with van der Waals surface area (Å²) >= 11 is 0. The fourth-order valence-electron chi connectivity index (χ4n) is 3.63. The van der Waals surface area contributed by atoms with Gasteiger partial charge in [-0.25, -0.2) is 9.18 Å². The number of nitrogens with zero attached hydrogens (tertiary/aromatic N) is 1. The molecule has 2 rings (SSSR count). The van der Waals surface area contributed by atoms with Crippen LogP contribution in [0, 0.1) is 17.2 Å². The molecule has 1 heterocycles. The monoisotopic (exact) mass is 404 g/mol. The van der Waals surface area contributed by atoms with Gasteiger partial charge in [-0.15, -0.1) is 0 Å². The molecule has 2 N–H and O–H groups in total. The number of aryl methyl sites for hydroxylation is 1. The molecule has 0 radical (unpaired) electrons. The maximum absolute atomic E-state index is 14.9. The minimum Gasteiger partial charge on any atom is -0.481 e. The highest BCUT2D eigenvalue weighted by Crippen LogP contribution is 2.37. The number of urea groups is 1. The summed E-state index contributed by atoms with van der Waals surface area (Å²) < 4.78 is 14.9. The van der Waals surface area contributed by atoms with Crippen molar-refractivity contribution in [2.45, 2.75) is 66.3 Å². The van der Waals surface area contributed by atoms with E-state index < -0.39 is 11.5 Å². The third kappa shape index (κ3) is 5.58. The van der Waals surface area contributed by atoms with Gasteiger partial charge < -0.3 is 15.3 Å². The molecule has 1 aromatic carbocycles. The Balaban J connectivity index is 2.36. The molecule has 0 fully saturated rings. The number of carboxylic acid groups (broad SMARTS) is 1. The number of amides is 2. The number of halogens is 1. The van der Waals surface area contributed by atoms with E-state index in [9.17, 15) is 14.0 Å². The quantitative estimate of drug-likeness (QED) is 0.667. The molecule has 1 aliphatic rings. The van der Waals surface area contributed by atoms with Crippen LogP contribution in [0.5, 0.6) is 0 Å². The van der Waals surface area contributed by atoms with Crippen molar-refractivity contribution in [3.63, 3.8) is 0 Å². The van der Waals surface area contributed by atoms with Crippen LogP contribution in [-0.4, -0.2) is 28.6 Å². The molecule has 0 aliphatic carbocycles. The third-order valence-corrected chi connectivity index (χ3v) is 5.45. The van der Waals surface area contributed by atoms with E-state index in [4.69, 9.17) is 5.11 Å². The normalized spacial score (nSPS) is 19.9. The van der Waals surface area contributed by atoms with Gasteiger partial charge in [0.05, 0.1) is 12.0 Å². The van der Waals surface area contributed by atoms with Crippen molar-refractivity contribution in [1.29, 1.82) is 0 Å². The Morgan fingerprint density at radius 2 is 1.97 bits per heavy atom. The molecule has 0 aromatic heterocycles. The standard InChI is InChI=1S/C23H33FN2O3/c1-15(2)18-14-26(12-10-20(27)28)21(29)25-23(18,6)17-8-7-16(19(24)13-17)9-11-22(3,4)5/h7-8,13-15H,9-12H2,1-6H3,(H,25,29)(H,27,28)/t23-/m0/s1. The predicted molar refractivity (Wildman–Crippen MR) is 112 cm³/mol. The van der Waals surface area contributed by atoms with Gasteiger partial charge in [0, 0.05) is 12.7 Å². The van der Waals surface area contributed by atoms with Crippen LogP contribution < -0.4 is 5.32 Å². The SMILES string of the molecule is CC(C)C1=CN(CCC(=O)O)C(=O)N[C@@]1(C)c1ccc(CCC(C)(C)C)c(F)c1. The summed E-state index contributed by atoms with van der Waals surface area (Å²) in [6.45, 7) is 12.4. The van der Waals surface area contributed by atoms with Crippen LogP contribution in [-0.2, 0) is 16.8 Å². The maximum Gasteiger partial charge on any atom is 0.322 e. The molecule has 6 heteroatoms. The first-order valence-electron chi connectivity index (χ1n) is 10.1. The number of hydrogen-bond acceptors (Lipinski definition) is 2. The smallest absolute Gasteiger partial charge is 0.322 e. The number of carboxylic acids is 1. The highest BCUT2D eigenvalue weighted by atomic mass is 19.1. The number of hydrogen-bond donors (Lipinski definition) is 2. The Morgan fingerprint density at radius 3 is 2.48 bits per heavy atom. The molecule has 1 aliphatic heterocycles. The lowest BCUT2D eigenvalue weighted by Crippen LogP contribution is -2.55. The van der Waals surface area contributed by atoms with Crippen molar-refractivity contribution in [3.05, 3.63) is 46.9 Å². The summed E-state index contributed by atoms with van der Waals surface area (Å²) in [6, 6.07) is 4.82. The van der Waals surface area contributed by atoms with Crippen LogP contribution in [0.2, 0.25) is 0 Å². The number of aliphatic carboxylic acids is 1. The molecule has 0 bridgehead atoms. The molecule has 160 valence electrons. The second-order valence-electron chi connectivity index (χ2n) is 9.50. The van der Waals surface area contributed by atoms with E-state index in [-0.39, 0.29) is 36.1 Å². The van der Waals surface area contributed by atoms with Crippen molar-refractivity contribution < 1.29 is 19.1 Å². The zero-order valence-electron chi connectivity index (χ0n) is 18.3. The summed E-state index contributed by atoms with van der Waals surface area (Å²) in [4.78, 5) is 24.9. The van der Waals surface area contributed by atoms with Gasteiger partial charge in [0.1, 0.15) is 5.82 Å². The minimum absolute atomic E-state index is 0.0801. The molecular weight excluding hydrogens is 371 g/mol. The Kier molecular flexibility index (Phi) is 6.76. The Hall–Kier alpha value is -2.37. The van der Waals surface area contributed by atoms with Gasteiger partial charge in [-0.05, 0) is 53.9 Å². The van der Waals surface area contributed by atoms with E-state index in [0.717, 1.165) is 12.0 Å². The Bertz CT molecular complexity index is 811. The summed E-state index contributed by atoms with van der Waals surface area (Å²) in [7, 11) is 0. The van der Waals surface area contributed by atoms with Crippen LogP contribution in [0.4, 0.5) is 9.18 Å². The Morgan fingerprint density at radius 1 is 1.31 bits per heavy atom. The summed E-state index contributed by atoms with van der Waals surface area (Å²) in [6.07, 6.45) is 3.13. The van der Waals surface area contributed by atoms with Crippen LogP contribution in [0.25, 0.3) is 0 Å². The van der Waals surface area contributed by atoms with Crippen molar-refractivity contribution in [2.24, 2.45) is 11.3 Å². The van der Waals surface area contributed by atoms with E-state index >= 15 is 0 Å². The van der Waals surface area contributed by atoms with Gasteiger partial charge in [-0.2, -0.15) is 0 Å². The van der Waals surface area contributed by atoms with E-state index in [2.05, 4.69) is 26.1 Å². The molecule has 0 saturated carbocycles. The van der Waals surface area contributed by atoms with Crippen LogP contribution >= 0.6 is 0 Å². The fourth-order valence-corrected chi connectivity index (χ4v) is 3.63.